The summed E-state index contributed by atoms with van der Waals surface area (Å²) in [6, 6.07) is 9.85. The molecule has 5 heteroatoms. The molecule has 0 aliphatic carbocycles. The van der Waals surface area contributed by atoms with Crippen molar-refractivity contribution >= 4 is 18.0 Å². The number of carbonyl (C=O) groups is 2. The van der Waals surface area contributed by atoms with Crippen LogP contribution in [0.4, 0.5) is 0 Å². The zero-order chi connectivity index (χ0) is 16.0. The van der Waals surface area contributed by atoms with Gasteiger partial charge in [0.2, 0.25) is 5.91 Å². The van der Waals surface area contributed by atoms with Crippen molar-refractivity contribution in [3.05, 3.63) is 54.1 Å². The van der Waals surface area contributed by atoms with Crippen molar-refractivity contribution in [1.29, 1.82) is 0 Å². The van der Waals surface area contributed by atoms with Gasteiger partial charge in [0.15, 0.2) is 0 Å². The van der Waals surface area contributed by atoms with Crippen LogP contribution in [0, 0.1) is 11.8 Å². The summed E-state index contributed by atoms with van der Waals surface area (Å²) in [6.07, 6.45) is 7.08. The van der Waals surface area contributed by atoms with Gasteiger partial charge in [-0.3, -0.25) is 9.59 Å². The molecular formula is C18H17NO4. The molecule has 5 nitrogen and oxygen atoms in total. The summed E-state index contributed by atoms with van der Waals surface area (Å²) < 4.78 is 5.84. The topological polar surface area (TPSA) is 66.8 Å². The van der Waals surface area contributed by atoms with Crippen LogP contribution in [0.3, 0.4) is 0 Å². The van der Waals surface area contributed by atoms with Gasteiger partial charge in [0.05, 0.1) is 18.6 Å². The molecular weight excluding hydrogens is 294 g/mol. The summed E-state index contributed by atoms with van der Waals surface area (Å²) in [5, 5.41) is 9.41. The normalized spacial score (nSPS) is 34.5. The second-order valence-corrected chi connectivity index (χ2v) is 6.27. The maximum absolute atomic E-state index is 12.6. The van der Waals surface area contributed by atoms with Gasteiger partial charge in [-0.15, -0.1) is 0 Å². The van der Waals surface area contributed by atoms with Crippen LogP contribution in [0.1, 0.15) is 5.56 Å². The van der Waals surface area contributed by atoms with Gasteiger partial charge in [-0.05, 0) is 5.56 Å². The van der Waals surface area contributed by atoms with Crippen molar-refractivity contribution in [1.82, 2.24) is 4.90 Å². The maximum atomic E-state index is 12.6. The Bertz CT molecular complexity index is 711. The van der Waals surface area contributed by atoms with Gasteiger partial charge >= 0.3 is 5.97 Å². The minimum absolute atomic E-state index is 0.123. The smallest absolute Gasteiger partial charge is 0.310 e. The highest BCUT2D eigenvalue weighted by molar-refractivity contribution is 5.90. The van der Waals surface area contributed by atoms with Gasteiger partial charge in [0.1, 0.15) is 11.5 Å². The molecule has 0 saturated carbocycles. The molecule has 1 amide bonds. The lowest BCUT2D eigenvalue weighted by Crippen LogP contribution is -2.39. The summed E-state index contributed by atoms with van der Waals surface area (Å²) in [5.41, 5.74) is 0.323. The van der Waals surface area contributed by atoms with E-state index >= 15 is 0 Å². The standard InChI is InChI=1S/C18H17NO4/c20-16-15-14(17(21)22)13-8-9-18(15,23-13)11-19(16)10-4-7-12-5-2-1-3-6-12/h1-9,13-15H,10-11H2,(H,21,22)/b7-4+/t13-,14-,15+,18+/m1/s1. The Labute approximate surface area is 133 Å². The third-order valence-electron chi connectivity index (χ3n) is 4.90. The number of nitrogens with zero attached hydrogens (tertiary/aromatic N) is 1. The van der Waals surface area contributed by atoms with Crippen LogP contribution in [0.2, 0.25) is 0 Å². The molecule has 2 saturated heterocycles. The zero-order valence-electron chi connectivity index (χ0n) is 12.5. The molecule has 3 aliphatic rings. The highest BCUT2D eigenvalue weighted by Gasteiger charge is 2.66. The van der Waals surface area contributed by atoms with E-state index < -0.39 is 29.5 Å². The number of likely N-dealkylation sites (tertiary alicyclic amines) is 1. The van der Waals surface area contributed by atoms with Crippen molar-refractivity contribution < 1.29 is 19.4 Å². The number of aliphatic carboxylic acids is 1. The molecule has 1 aromatic carbocycles. The fraction of sp³-hybridized carbons (Fsp3) is 0.333. The molecule has 4 rings (SSSR count). The number of carbonyl (C=O) groups excluding carboxylic acids is 1. The molecule has 1 spiro atoms. The number of hydrogen-bond acceptors (Lipinski definition) is 3. The first-order valence-corrected chi connectivity index (χ1v) is 7.71. The van der Waals surface area contributed by atoms with E-state index in [0.717, 1.165) is 5.56 Å². The number of benzene rings is 1. The lowest BCUT2D eigenvalue weighted by atomic mass is 9.77. The van der Waals surface area contributed by atoms with Crippen molar-refractivity contribution in [2.75, 3.05) is 13.1 Å². The minimum Gasteiger partial charge on any atom is -0.481 e. The Kier molecular flexibility index (Phi) is 3.13. The number of carboxylic acid groups (broad SMARTS) is 1. The Morgan fingerprint density at radius 1 is 1.39 bits per heavy atom. The van der Waals surface area contributed by atoms with Crippen molar-refractivity contribution in [2.24, 2.45) is 11.8 Å². The Morgan fingerprint density at radius 2 is 2.17 bits per heavy atom. The molecule has 2 bridgehead atoms. The average Bonchev–Trinajstić information content (AvgIpc) is 3.17. The lowest BCUT2D eigenvalue weighted by Gasteiger charge is -2.21. The van der Waals surface area contributed by atoms with Gasteiger partial charge in [-0.2, -0.15) is 0 Å². The van der Waals surface area contributed by atoms with Crippen LogP contribution in [0.15, 0.2) is 48.6 Å². The molecule has 3 heterocycles. The van der Waals surface area contributed by atoms with E-state index in [1.807, 2.05) is 48.6 Å². The molecule has 1 aromatic rings. The molecule has 1 N–H and O–H groups in total. The number of rotatable bonds is 4. The van der Waals surface area contributed by atoms with Crippen LogP contribution in [-0.4, -0.2) is 46.7 Å². The molecule has 4 atom stereocenters. The number of hydrogen-bond donors (Lipinski definition) is 1. The fourth-order valence-electron chi connectivity index (χ4n) is 3.89. The van der Waals surface area contributed by atoms with E-state index in [2.05, 4.69) is 0 Å². The van der Waals surface area contributed by atoms with E-state index in [4.69, 9.17) is 4.74 Å². The van der Waals surface area contributed by atoms with Gasteiger partial charge in [-0.25, -0.2) is 0 Å². The summed E-state index contributed by atoms with van der Waals surface area (Å²) >= 11 is 0. The van der Waals surface area contributed by atoms with Gasteiger partial charge in [-0.1, -0.05) is 54.6 Å². The van der Waals surface area contributed by atoms with E-state index in [9.17, 15) is 14.7 Å². The first-order chi connectivity index (χ1) is 11.1. The second kappa shape index (κ2) is 5.06. The maximum Gasteiger partial charge on any atom is 0.310 e. The third-order valence-corrected chi connectivity index (χ3v) is 4.90. The number of fused-ring (bicyclic) bond motifs is 1. The van der Waals surface area contributed by atoms with Gasteiger partial charge < -0.3 is 14.7 Å². The van der Waals surface area contributed by atoms with Crippen LogP contribution in [0.25, 0.3) is 6.08 Å². The van der Waals surface area contributed by atoms with Crippen LogP contribution >= 0.6 is 0 Å². The summed E-state index contributed by atoms with van der Waals surface area (Å²) in [6.45, 7) is 0.882. The van der Waals surface area contributed by atoms with Crippen molar-refractivity contribution in [3.63, 3.8) is 0 Å². The van der Waals surface area contributed by atoms with E-state index in [0.29, 0.717) is 13.1 Å². The fourth-order valence-corrected chi connectivity index (χ4v) is 3.89. The SMILES string of the molecule is O=C(O)[C@H]1[C@H]2C(=O)N(C/C=C/c3ccccc3)C[C@@]23C=C[C@H]1O3. The van der Waals surface area contributed by atoms with Crippen molar-refractivity contribution in [3.8, 4) is 0 Å². The van der Waals surface area contributed by atoms with Crippen LogP contribution < -0.4 is 0 Å². The summed E-state index contributed by atoms with van der Waals surface area (Å²) in [7, 11) is 0. The van der Waals surface area contributed by atoms with Crippen LogP contribution in [0.5, 0.6) is 0 Å². The van der Waals surface area contributed by atoms with Crippen molar-refractivity contribution in [2.45, 2.75) is 11.7 Å². The third kappa shape index (κ3) is 2.11. The first-order valence-electron chi connectivity index (χ1n) is 7.71. The number of carboxylic acids is 1. The van der Waals surface area contributed by atoms with Crippen LogP contribution in [-0.2, 0) is 14.3 Å². The predicted octanol–water partition coefficient (Wildman–Crippen LogP) is 1.57. The average molecular weight is 311 g/mol. The summed E-state index contributed by atoms with van der Waals surface area (Å²) in [4.78, 5) is 25.8. The Balaban J connectivity index is 1.51. The monoisotopic (exact) mass is 311 g/mol. The molecule has 0 unspecified atom stereocenters. The minimum atomic E-state index is -0.957. The Hall–Kier alpha value is -2.40. The second-order valence-electron chi connectivity index (χ2n) is 6.27. The molecule has 118 valence electrons. The van der Waals surface area contributed by atoms with Gasteiger partial charge in [0.25, 0.3) is 0 Å². The molecule has 0 radical (unpaired) electrons. The van der Waals surface area contributed by atoms with E-state index in [-0.39, 0.29) is 5.91 Å². The Morgan fingerprint density at radius 3 is 2.91 bits per heavy atom. The zero-order valence-corrected chi connectivity index (χ0v) is 12.5. The predicted molar refractivity (Wildman–Crippen MR) is 83.4 cm³/mol. The van der Waals surface area contributed by atoms with E-state index in [1.54, 1.807) is 11.0 Å². The first kappa shape index (κ1) is 14.2. The van der Waals surface area contributed by atoms with Gasteiger partial charge in [0, 0.05) is 6.54 Å². The quantitative estimate of drug-likeness (QED) is 0.857. The molecule has 2 fully saturated rings. The van der Waals surface area contributed by atoms with E-state index in [1.165, 1.54) is 0 Å². The number of amides is 1. The lowest BCUT2D eigenvalue weighted by molar-refractivity contribution is -0.147. The largest absolute Gasteiger partial charge is 0.481 e. The number of ether oxygens (including phenoxy) is 1. The highest BCUT2D eigenvalue weighted by Crippen LogP contribution is 2.51. The highest BCUT2D eigenvalue weighted by atomic mass is 16.5. The summed E-state index contributed by atoms with van der Waals surface area (Å²) in [5.74, 6) is -2.45. The molecule has 0 aromatic heterocycles. The molecule has 23 heavy (non-hydrogen) atoms. The molecule has 3 aliphatic heterocycles.